The molecule has 0 spiro atoms. The molecule has 3 nitrogen and oxygen atoms in total. The van der Waals surface area contributed by atoms with E-state index in [0.717, 1.165) is 28.2 Å². The van der Waals surface area contributed by atoms with Crippen LogP contribution in [-0.4, -0.2) is 11.0 Å². The van der Waals surface area contributed by atoms with Crippen LogP contribution in [0, 0.1) is 0 Å². The van der Waals surface area contributed by atoms with Crippen LogP contribution in [0.25, 0.3) is 10.1 Å². The van der Waals surface area contributed by atoms with Crippen molar-refractivity contribution >= 4 is 27.3 Å². The van der Waals surface area contributed by atoms with Crippen LogP contribution in [0.1, 0.15) is 20.8 Å². The molecule has 0 aliphatic rings. The van der Waals surface area contributed by atoms with E-state index in [0.29, 0.717) is 10.9 Å². The standard InChI is InChI=1S/C17H12F3NO2S/c18-17(19,20)11-5-3-4-10(8-11)9-21-16(23)15-14(22)12-6-1-2-7-13(12)24-15/h1-8,22H,9H2,(H,21,23). The first kappa shape index (κ1) is 16.3. The first-order valence-electron chi connectivity index (χ1n) is 7.01. The zero-order chi connectivity index (χ0) is 17.3. The van der Waals surface area contributed by atoms with E-state index in [1.807, 2.05) is 0 Å². The molecule has 0 unspecified atom stereocenters. The topological polar surface area (TPSA) is 49.3 Å². The number of nitrogens with one attached hydrogen (secondary N) is 1. The molecule has 1 amide bonds. The Labute approximate surface area is 139 Å². The Bertz CT molecular complexity index is 902. The summed E-state index contributed by atoms with van der Waals surface area (Å²) in [5.41, 5.74) is -0.433. The van der Waals surface area contributed by atoms with Crippen molar-refractivity contribution in [3.05, 3.63) is 64.5 Å². The lowest BCUT2D eigenvalue weighted by molar-refractivity contribution is -0.137. The molecule has 3 rings (SSSR count). The van der Waals surface area contributed by atoms with E-state index in [-0.39, 0.29) is 17.2 Å². The average Bonchev–Trinajstić information content (AvgIpc) is 2.90. The lowest BCUT2D eigenvalue weighted by atomic mass is 10.1. The number of hydrogen-bond donors (Lipinski definition) is 2. The molecule has 24 heavy (non-hydrogen) atoms. The maximum absolute atomic E-state index is 12.7. The van der Waals surface area contributed by atoms with Crippen molar-refractivity contribution in [2.45, 2.75) is 12.7 Å². The minimum absolute atomic E-state index is 0.0591. The molecule has 0 saturated heterocycles. The lowest BCUT2D eigenvalue weighted by Crippen LogP contribution is -2.22. The Morgan fingerprint density at radius 1 is 1.12 bits per heavy atom. The number of benzene rings is 2. The SMILES string of the molecule is O=C(NCc1cccc(C(F)(F)F)c1)c1sc2ccccc2c1O. The van der Waals surface area contributed by atoms with Crippen molar-refractivity contribution in [3.8, 4) is 5.75 Å². The Balaban J connectivity index is 1.77. The van der Waals surface area contributed by atoms with Crippen molar-refractivity contribution < 1.29 is 23.1 Å². The van der Waals surface area contributed by atoms with Crippen LogP contribution >= 0.6 is 11.3 Å². The quantitative estimate of drug-likeness (QED) is 0.727. The van der Waals surface area contributed by atoms with Gasteiger partial charge in [-0.05, 0) is 29.8 Å². The van der Waals surface area contributed by atoms with E-state index >= 15 is 0 Å². The van der Waals surface area contributed by atoms with Gasteiger partial charge in [-0.2, -0.15) is 13.2 Å². The van der Waals surface area contributed by atoms with Crippen LogP contribution in [0.15, 0.2) is 48.5 Å². The smallest absolute Gasteiger partial charge is 0.416 e. The van der Waals surface area contributed by atoms with Gasteiger partial charge >= 0.3 is 6.18 Å². The summed E-state index contributed by atoms with van der Waals surface area (Å²) in [5.74, 6) is -0.636. The van der Waals surface area contributed by atoms with Gasteiger partial charge in [-0.1, -0.05) is 24.3 Å². The normalized spacial score (nSPS) is 11.6. The van der Waals surface area contributed by atoms with Crippen molar-refractivity contribution in [1.82, 2.24) is 5.32 Å². The molecular formula is C17H12F3NO2S. The molecule has 0 aliphatic heterocycles. The Morgan fingerprint density at radius 3 is 2.58 bits per heavy atom. The molecule has 0 atom stereocenters. The molecule has 0 saturated carbocycles. The fourth-order valence-electron chi connectivity index (χ4n) is 2.31. The minimum atomic E-state index is -4.43. The molecule has 0 radical (unpaired) electrons. The number of aromatic hydroxyl groups is 1. The van der Waals surface area contributed by atoms with E-state index in [2.05, 4.69) is 5.32 Å². The van der Waals surface area contributed by atoms with Crippen molar-refractivity contribution in [3.63, 3.8) is 0 Å². The van der Waals surface area contributed by atoms with Crippen LogP contribution in [0.4, 0.5) is 13.2 Å². The fraction of sp³-hybridized carbons (Fsp3) is 0.118. The van der Waals surface area contributed by atoms with Crippen molar-refractivity contribution in [2.75, 3.05) is 0 Å². The number of thiophene rings is 1. The van der Waals surface area contributed by atoms with E-state index in [1.165, 1.54) is 12.1 Å². The summed E-state index contributed by atoms with van der Waals surface area (Å²) >= 11 is 1.13. The predicted octanol–water partition coefficient (Wildman–Crippen LogP) is 4.56. The second-order valence-electron chi connectivity index (χ2n) is 5.16. The maximum atomic E-state index is 12.7. The number of amides is 1. The highest BCUT2D eigenvalue weighted by molar-refractivity contribution is 7.21. The third-order valence-electron chi connectivity index (χ3n) is 3.48. The Hall–Kier alpha value is -2.54. The summed E-state index contributed by atoms with van der Waals surface area (Å²) in [6, 6.07) is 11.8. The van der Waals surface area contributed by atoms with Crippen LogP contribution in [0.2, 0.25) is 0 Å². The van der Waals surface area contributed by atoms with Gasteiger partial charge < -0.3 is 10.4 Å². The summed E-state index contributed by atoms with van der Waals surface area (Å²) in [6.45, 7) is -0.0591. The van der Waals surface area contributed by atoms with E-state index in [9.17, 15) is 23.1 Å². The zero-order valence-corrected chi connectivity index (χ0v) is 13.0. The van der Waals surface area contributed by atoms with Crippen LogP contribution in [-0.2, 0) is 12.7 Å². The largest absolute Gasteiger partial charge is 0.506 e. The number of carbonyl (C=O) groups excluding carboxylic acids is 1. The fourth-order valence-corrected chi connectivity index (χ4v) is 3.32. The first-order valence-corrected chi connectivity index (χ1v) is 7.83. The number of carbonyl (C=O) groups is 1. The summed E-state index contributed by atoms with van der Waals surface area (Å²) in [6.07, 6.45) is -4.43. The second kappa shape index (κ2) is 6.16. The molecule has 1 aromatic heterocycles. The van der Waals surface area contributed by atoms with Gasteiger partial charge in [0.2, 0.25) is 0 Å². The molecule has 1 heterocycles. The summed E-state index contributed by atoms with van der Waals surface area (Å²) in [7, 11) is 0. The lowest BCUT2D eigenvalue weighted by Gasteiger charge is -2.09. The van der Waals surface area contributed by atoms with Crippen molar-refractivity contribution in [1.29, 1.82) is 0 Å². The molecule has 0 fully saturated rings. The zero-order valence-electron chi connectivity index (χ0n) is 12.2. The van der Waals surface area contributed by atoms with Crippen LogP contribution < -0.4 is 5.32 Å². The third kappa shape index (κ3) is 3.21. The van der Waals surface area contributed by atoms with Gasteiger partial charge in [-0.15, -0.1) is 11.3 Å². The van der Waals surface area contributed by atoms with Gasteiger partial charge in [0.25, 0.3) is 5.91 Å². The van der Waals surface area contributed by atoms with E-state index < -0.39 is 17.6 Å². The van der Waals surface area contributed by atoms with Gasteiger partial charge in [0.15, 0.2) is 0 Å². The molecule has 2 aromatic carbocycles. The molecule has 2 N–H and O–H groups in total. The highest BCUT2D eigenvalue weighted by Gasteiger charge is 2.30. The van der Waals surface area contributed by atoms with E-state index in [1.54, 1.807) is 24.3 Å². The first-order chi connectivity index (χ1) is 11.4. The highest BCUT2D eigenvalue weighted by atomic mass is 32.1. The van der Waals surface area contributed by atoms with Crippen LogP contribution in [0.3, 0.4) is 0 Å². The number of halogens is 3. The molecule has 7 heteroatoms. The van der Waals surface area contributed by atoms with Gasteiger partial charge in [0.1, 0.15) is 10.6 Å². The van der Waals surface area contributed by atoms with Gasteiger partial charge in [-0.3, -0.25) is 4.79 Å². The Morgan fingerprint density at radius 2 is 1.88 bits per heavy atom. The van der Waals surface area contributed by atoms with Gasteiger partial charge in [0.05, 0.1) is 5.56 Å². The minimum Gasteiger partial charge on any atom is -0.506 e. The van der Waals surface area contributed by atoms with Crippen molar-refractivity contribution in [2.24, 2.45) is 0 Å². The van der Waals surface area contributed by atoms with Gasteiger partial charge in [-0.25, -0.2) is 0 Å². The number of hydrogen-bond acceptors (Lipinski definition) is 3. The molecule has 3 aromatic rings. The molecule has 0 aliphatic carbocycles. The summed E-state index contributed by atoms with van der Waals surface area (Å²) < 4.78 is 38.8. The predicted molar refractivity (Wildman–Crippen MR) is 86.1 cm³/mol. The Kier molecular flexibility index (Phi) is 4.19. The monoisotopic (exact) mass is 351 g/mol. The average molecular weight is 351 g/mol. The highest BCUT2D eigenvalue weighted by Crippen LogP contribution is 2.36. The van der Waals surface area contributed by atoms with Crippen LogP contribution in [0.5, 0.6) is 5.75 Å². The summed E-state index contributed by atoms with van der Waals surface area (Å²) in [5, 5.41) is 13.2. The number of rotatable bonds is 3. The molecule has 0 bridgehead atoms. The van der Waals surface area contributed by atoms with Gasteiger partial charge in [0, 0.05) is 16.6 Å². The maximum Gasteiger partial charge on any atom is 0.416 e. The molecular weight excluding hydrogens is 339 g/mol. The second-order valence-corrected chi connectivity index (χ2v) is 6.21. The number of alkyl halides is 3. The number of fused-ring (bicyclic) bond motifs is 1. The van der Waals surface area contributed by atoms with E-state index in [4.69, 9.17) is 0 Å². The molecule has 124 valence electrons. The third-order valence-corrected chi connectivity index (χ3v) is 4.64. The summed E-state index contributed by atoms with van der Waals surface area (Å²) in [4.78, 5) is 12.3.